The first-order valence-electron chi connectivity index (χ1n) is 9.91. The molecule has 0 spiro atoms. The number of carbonyl (C=O) groups excluding carboxylic acids is 2. The van der Waals surface area contributed by atoms with Crippen LogP contribution in [0, 0.1) is 0 Å². The zero-order chi connectivity index (χ0) is 22.0. The first-order chi connectivity index (χ1) is 15.0. The molecule has 0 bridgehead atoms. The summed E-state index contributed by atoms with van der Waals surface area (Å²) in [6, 6.07) is 5.56. The summed E-state index contributed by atoms with van der Waals surface area (Å²) in [5.74, 6) is -1.57. The number of nitrogens with zero attached hydrogens (tertiary/aromatic N) is 4. The van der Waals surface area contributed by atoms with Crippen LogP contribution in [0.25, 0.3) is 22.1 Å². The van der Waals surface area contributed by atoms with E-state index in [4.69, 9.17) is 10.5 Å². The maximum atomic E-state index is 12.7. The first kappa shape index (κ1) is 20.3. The van der Waals surface area contributed by atoms with Crippen LogP contribution in [0.5, 0.6) is 5.75 Å². The van der Waals surface area contributed by atoms with Crippen LogP contribution in [-0.2, 0) is 9.53 Å². The second-order valence-electron chi connectivity index (χ2n) is 7.06. The number of benzene rings is 1. The largest absolute Gasteiger partial charge is 0.505 e. The molecule has 1 aromatic carbocycles. The molecule has 0 radical (unpaired) electrons. The Hall–Kier alpha value is -3.95. The minimum Gasteiger partial charge on any atom is -0.505 e. The molecule has 4 N–H and O–H groups in total. The van der Waals surface area contributed by atoms with Gasteiger partial charge in [0.2, 0.25) is 0 Å². The molecule has 0 atom stereocenters. The predicted molar refractivity (Wildman–Crippen MR) is 115 cm³/mol. The van der Waals surface area contributed by atoms with Crippen molar-refractivity contribution in [2.45, 2.75) is 25.8 Å². The highest BCUT2D eigenvalue weighted by Gasteiger charge is 2.24. The number of allylic oxidation sites excluding steroid dienone is 1. The zero-order valence-corrected chi connectivity index (χ0v) is 16.9. The minimum atomic E-state index is -0.687. The van der Waals surface area contributed by atoms with E-state index in [-0.39, 0.29) is 24.6 Å². The Bertz CT molecular complexity index is 1230. The number of esters is 1. The smallest absolute Gasteiger partial charge is 0.325 e. The van der Waals surface area contributed by atoms with Crippen LogP contribution in [-0.4, -0.2) is 57.0 Å². The van der Waals surface area contributed by atoms with Crippen molar-refractivity contribution in [1.29, 1.82) is 0 Å². The van der Waals surface area contributed by atoms with Gasteiger partial charge in [0.1, 0.15) is 12.9 Å². The van der Waals surface area contributed by atoms with Gasteiger partial charge in [-0.2, -0.15) is 5.10 Å². The van der Waals surface area contributed by atoms with Crippen molar-refractivity contribution in [2.75, 3.05) is 13.2 Å². The van der Waals surface area contributed by atoms with Gasteiger partial charge in [-0.05, 0) is 25.8 Å². The zero-order valence-electron chi connectivity index (χ0n) is 16.9. The molecule has 1 saturated carbocycles. The van der Waals surface area contributed by atoms with Gasteiger partial charge >= 0.3 is 5.97 Å². The van der Waals surface area contributed by atoms with Gasteiger partial charge in [-0.25, -0.2) is 9.50 Å². The summed E-state index contributed by atoms with van der Waals surface area (Å²) >= 11 is 0. The maximum Gasteiger partial charge on any atom is 0.325 e. The van der Waals surface area contributed by atoms with Gasteiger partial charge in [0.25, 0.3) is 5.91 Å². The Morgan fingerprint density at radius 2 is 2.23 bits per heavy atom. The van der Waals surface area contributed by atoms with E-state index in [1.165, 1.54) is 10.8 Å². The lowest BCUT2D eigenvalue weighted by Crippen LogP contribution is -2.32. The highest BCUT2D eigenvalue weighted by Crippen LogP contribution is 2.35. The lowest BCUT2D eigenvalue weighted by Gasteiger charge is -2.13. The van der Waals surface area contributed by atoms with Gasteiger partial charge in [-0.15, -0.1) is 0 Å². The molecule has 0 saturated heterocycles. The summed E-state index contributed by atoms with van der Waals surface area (Å²) < 4.78 is 6.04. The molecule has 1 aliphatic rings. The highest BCUT2D eigenvalue weighted by molar-refractivity contribution is 6.10. The molecule has 160 valence electrons. The molecule has 10 heteroatoms. The fourth-order valence-electron chi connectivity index (χ4n) is 3.24. The molecular weight excluding hydrogens is 400 g/mol. The number of fused-ring (bicyclic) bond motifs is 3. The second-order valence-corrected chi connectivity index (χ2v) is 7.06. The highest BCUT2D eigenvalue weighted by atomic mass is 16.5. The third-order valence-electron chi connectivity index (χ3n) is 4.85. The van der Waals surface area contributed by atoms with E-state index < -0.39 is 11.9 Å². The van der Waals surface area contributed by atoms with Crippen LogP contribution < -0.4 is 11.1 Å². The Labute approximate surface area is 177 Å². The average Bonchev–Trinajstić information content (AvgIpc) is 3.46. The molecule has 31 heavy (non-hydrogen) atoms. The third kappa shape index (κ3) is 4.04. The van der Waals surface area contributed by atoms with E-state index in [0.717, 1.165) is 12.8 Å². The fourth-order valence-corrected chi connectivity index (χ4v) is 3.24. The quantitative estimate of drug-likeness (QED) is 0.386. The number of hydrogen-bond donors (Lipinski definition) is 3. The predicted octanol–water partition coefficient (Wildman–Crippen LogP) is 1.41. The van der Waals surface area contributed by atoms with E-state index in [0.29, 0.717) is 33.7 Å². The van der Waals surface area contributed by atoms with Crippen molar-refractivity contribution in [3.05, 3.63) is 41.9 Å². The van der Waals surface area contributed by atoms with Crippen molar-refractivity contribution in [3.8, 4) is 5.75 Å². The molecule has 1 amide bonds. The lowest BCUT2D eigenvalue weighted by molar-refractivity contribution is -0.141. The van der Waals surface area contributed by atoms with Crippen LogP contribution in [0.4, 0.5) is 0 Å². The molecule has 0 unspecified atom stereocenters. The van der Waals surface area contributed by atoms with E-state index >= 15 is 0 Å². The first-order valence-corrected chi connectivity index (χ1v) is 9.91. The maximum absolute atomic E-state index is 12.7. The number of aliphatic imine (C=N–C) groups is 1. The number of ether oxygens (including phenoxy) is 1. The number of nitrogens with one attached hydrogen (secondary N) is 1. The normalized spacial score (nSPS) is 14.4. The second kappa shape index (κ2) is 8.42. The molecule has 3 aromatic rings. The number of aromatic hydroxyl groups is 1. The summed E-state index contributed by atoms with van der Waals surface area (Å²) in [5, 5.41) is 18.4. The molecule has 2 aromatic heterocycles. The topological polar surface area (TPSA) is 144 Å². The van der Waals surface area contributed by atoms with Crippen molar-refractivity contribution < 1.29 is 19.4 Å². The van der Waals surface area contributed by atoms with Crippen LogP contribution in [0.15, 0.2) is 35.6 Å². The number of amides is 1. The molecule has 10 nitrogen and oxygen atoms in total. The number of carbonyl (C=O) groups is 2. The van der Waals surface area contributed by atoms with E-state index in [2.05, 4.69) is 20.4 Å². The summed E-state index contributed by atoms with van der Waals surface area (Å²) in [4.78, 5) is 33.0. The van der Waals surface area contributed by atoms with Gasteiger partial charge < -0.3 is 20.9 Å². The Morgan fingerprint density at radius 3 is 2.97 bits per heavy atom. The van der Waals surface area contributed by atoms with Gasteiger partial charge in [0.15, 0.2) is 17.1 Å². The van der Waals surface area contributed by atoms with Crippen molar-refractivity contribution in [2.24, 2.45) is 10.7 Å². The SMILES string of the molecule is CCOC(=O)CNC(=O)c1c(O)c2cccc(/C(N)=C/C=NC3CC3)c2c2ncnn12. The Balaban J connectivity index is 1.78. The number of pyridine rings is 1. The van der Waals surface area contributed by atoms with Gasteiger partial charge in [0.05, 0.1) is 12.6 Å². The monoisotopic (exact) mass is 422 g/mol. The number of aromatic nitrogens is 3. The average molecular weight is 422 g/mol. The molecule has 0 aliphatic heterocycles. The molecule has 1 fully saturated rings. The van der Waals surface area contributed by atoms with Gasteiger partial charge in [-0.1, -0.05) is 18.2 Å². The summed E-state index contributed by atoms with van der Waals surface area (Å²) in [7, 11) is 0. The van der Waals surface area contributed by atoms with Crippen molar-refractivity contribution >= 4 is 40.2 Å². The third-order valence-corrected chi connectivity index (χ3v) is 4.85. The van der Waals surface area contributed by atoms with E-state index in [1.54, 1.807) is 37.4 Å². The van der Waals surface area contributed by atoms with E-state index in [9.17, 15) is 14.7 Å². The fraction of sp³-hybridized carbons (Fsp3) is 0.286. The van der Waals surface area contributed by atoms with Crippen molar-refractivity contribution in [1.82, 2.24) is 19.9 Å². The molecule has 2 heterocycles. The van der Waals surface area contributed by atoms with Crippen molar-refractivity contribution in [3.63, 3.8) is 0 Å². The number of rotatable bonds is 7. The number of hydrogen-bond acceptors (Lipinski definition) is 8. The number of nitrogens with two attached hydrogens (primary N) is 1. The Kier molecular flexibility index (Phi) is 5.52. The van der Waals surface area contributed by atoms with Gasteiger partial charge in [0, 0.05) is 28.2 Å². The van der Waals surface area contributed by atoms with Crippen LogP contribution in [0.1, 0.15) is 35.8 Å². The van der Waals surface area contributed by atoms with Gasteiger partial charge in [-0.3, -0.25) is 14.6 Å². The summed E-state index contributed by atoms with van der Waals surface area (Å²) in [5.41, 5.74) is 7.57. The van der Waals surface area contributed by atoms with Crippen LogP contribution in [0.3, 0.4) is 0 Å². The standard InChI is InChI=1S/C21H22N6O4/c1-2-31-16(28)10-24-21(30)18-19(29)14-5-3-4-13(15(22)8-9-23-12-6-7-12)17(14)20-25-11-26-27(18)20/h3-5,8-9,11-12,29H,2,6-7,10,22H2,1H3,(H,24,30)/b15-8-,23-9?. The lowest BCUT2D eigenvalue weighted by atomic mass is 10.0. The molecule has 4 rings (SSSR count). The minimum absolute atomic E-state index is 0.140. The van der Waals surface area contributed by atoms with Crippen LogP contribution in [0.2, 0.25) is 0 Å². The Morgan fingerprint density at radius 1 is 1.42 bits per heavy atom. The van der Waals surface area contributed by atoms with Crippen LogP contribution >= 0.6 is 0 Å². The summed E-state index contributed by atoms with van der Waals surface area (Å²) in [6.45, 7) is 1.53. The van der Waals surface area contributed by atoms with E-state index in [1.807, 2.05) is 0 Å². The molecular formula is C21H22N6O4. The molecule has 1 aliphatic carbocycles. The summed E-state index contributed by atoms with van der Waals surface area (Å²) in [6.07, 6.45) is 6.85.